The summed E-state index contributed by atoms with van der Waals surface area (Å²) in [6.07, 6.45) is 1.07. The third-order valence-corrected chi connectivity index (χ3v) is 4.63. The van der Waals surface area contributed by atoms with E-state index in [1.165, 1.54) is 4.88 Å². The Balaban J connectivity index is 1.72. The fourth-order valence-corrected chi connectivity index (χ4v) is 3.40. The van der Waals surface area contributed by atoms with Gasteiger partial charge in [0.2, 0.25) is 0 Å². The Morgan fingerprint density at radius 3 is 2.90 bits per heavy atom. The highest BCUT2D eigenvalue weighted by atomic mass is 32.1. The zero-order valence-electron chi connectivity index (χ0n) is 11.8. The van der Waals surface area contributed by atoms with E-state index in [2.05, 4.69) is 39.7 Å². The van der Waals surface area contributed by atoms with Crippen molar-refractivity contribution < 1.29 is 4.74 Å². The lowest BCUT2D eigenvalue weighted by Crippen LogP contribution is -2.06. The van der Waals surface area contributed by atoms with Crippen molar-refractivity contribution in [1.82, 2.24) is 9.97 Å². The van der Waals surface area contributed by atoms with Crippen molar-refractivity contribution in [2.75, 3.05) is 11.9 Å². The van der Waals surface area contributed by atoms with Crippen molar-refractivity contribution in [3.63, 3.8) is 0 Å². The molecule has 0 spiro atoms. The highest BCUT2D eigenvalue weighted by molar-refractivity contribution is 7.16. The van der Waals surface area contributed by atoms with E-state index in [1.54, 1.807) is 22.7 Å². The molecule has 1 N–H and O–H groups in total. The van der Waals surface area contributed by atoms with Crippen molar-refractivity contribution in [2.45, 2.75) is 26.6 Å². The van der Waals surface area contributed by atoms with Gasteiger partial charge in [-0.15, -0.1) is 22.7 Å². The Morgan fingerprint density at radius 1 is 1.14 bits per heavy atom. The molecular weight excluding hydrogens is 302 g/mol. The van der Waals surface area contributed by atoms with E-state index in [1.807, 2.05) is 11.4 Å². The maximum absolute atomic E-state index is 5.71. The maximum Gasteiger partial charge on any atom is 0.158 e. The van der Waals surface area contributed by atoms with Crippen LogP contribution in [-0.2, 0) is 18.0 Å². The lowest BCUT2D eigenvalue weighted by molar-refractivity contribution is 0.104. The molecular formula is C15H17N3OS2. The number of hydrogen-bond acceptors (Lipinski definition) is 6. The Labute approximate surface area is 131 Å². The van der Waals surface area contributed by atoms with Crippen molar-refractivity contribution in [3.8, 4) is 0 Å². The molecule has 0 fully saturated rings. The monoisotopic (exact) mass is 319 g/mol. The molecule has 0 saturated carbocycles. The second kappa shape index (κ2) is 6.98. The maximum atomic E-state index is 5.71. The van der Waals surface area contributed by atoms with Gasteiger partial charge in [0, 0.05) is 11.4 Å². The molecule has 21 heavy (non-hydrogen) atoms. The van der Waals surface area contributed by atoms with E-state index in [4.69, 9.17) is 4.74 Å². The molecule has 0 aliphatic heterocycles. The molecule has 0 aliphatic carbocycles. The standard InChI is InChI=1S/C15H17N3OS2/c1-2-6-16-14-12-5-8-21-15(12)18-13(17-14)10-19-9-11-4-3-7-20-11/h3-5,7-8H,2,6,9-10H2,1H3,(H,16,17,18). The van der Waals surface area contributed by atoms with Crippen LogP contribution in [0.25, 0.3) is 10.2 Å². The van der Waals surface area contributed by atoms with Gasteiger partial charge in [0.15, 0.2) is 5.82 Å². The van der Waals surface area contributed by atoms with Gasteiger partial charge in [-0.3, -0.25) is 0 Å². The molecule has 0 unspecified atom stereocenters. The van der Waals surface area contributed by atoms with Crippen LogP contribution in [0.5, 0.6) is 0 Å². The van der Waals surface area contributed by atoms with Crippen LogP contribution in [0.2, 0.25) is 0 Å². The first kappa shape index (κ1) is 14.4. The summed E-state index contributed by atoms with van der Waals surface area (Å²) in [6, 6.07) is 6.17. The summed E-state index contributed by atoms with van der Waals surface area (Å²) in [5.74, 6) is 1.65. The minimum Gasteiger partial charge on any atom is -0.369 e. The molecule has 0 bridgehead atoms. The average Bonchev–Trinajstić information content (AvgIpc) is 3.15. The smallest absolute Gasteiger partial charge is 0.158 e. The summed E-state index contributed by atoms with van der Waals surface area (Å²) < 4.78 is 5.71. The molecule has 0 aromatic carbocycles. The molecule has 4 nitrogen and oxygen atoms in total. The van der Waals surface area contributed by atoms with Crippen molar-refractivity contribution >= 4 is 38.7 Å². The Morgan fingerprint density at radius 2 is 2.10 bits per heavy atom. The Bertz CT molecular complexity index is 694. The SMILES string of the molecule is CCCNc1nc(COCc2cccs2)nc2sccc12. The minimum atomic E-state index is 0.437. The van der Waals surface area contributed by atoms with Crippen LogP contribution in [0.4, 0.5) is 5.82 Å². The average molecular weight is 319 g/mol. The second-order valence-electron chi connectivity index (χ2n) is 4.63. The first-order chi connectivity index (χ1) is 10.4. The van der Waals surface area contributed by atoms with Crippen LogP contribution in [-0.4, -0.2) is 16.5 Å². The topological polar surface area (TPSA) is 47.0 Å². The minimum absolute atomic E-state index is 0.437. The van der Waals surface area contributed by atoms with Gasteiger partial charge in [-0.1, -0.05) is 13.0 Å². The summed E-state index contributed by atoms with van der Waals surface area (Å²) in [5.41, 5.74) is 0. The third-order valence-electron chi connectivity index (χ3n) is 2.97. The molecule has 3 heterocycles. The Hall–Kier alpha value is -1.50. The van der Waals surface area contributed by atoms with Crippen LogP contribution in [0.15, 0.2) is 29.0 Å². The first-order valence-corrected chi connectivity index (χ1v) is 8.71. The van der Waals surface area contributed by atoms with E-state index in [9.17, 15) is 0 Å². The van der Waals surface area contributed by atoms with E-state index >= 15 is 0 Å². The summed E-state index contributed by atoms with van der Waals surface area (Å²) in [7, 11) is 0. The molecule has 6 heteroatoms. The summed E-state index contributed by atoms with van der Waals surface area (Å²) in [4.78, 5) is 11.4. The number of ether oxygens (including phenoxy) is 1. The number of aromatic nitrogens is 2. The van der Waals surface area contributed by atoms with Gasteiger partial charge in [0.25, 0.3) is 0 Å². The van der Waals surface area contributed by atoms with Crippen molar-refractivity contribution in [3.05, 3.63) is 39.7 Å². The highest BCUT2D eigenvalue weighted by Gasteiger charge is 2.08. The van der Waals surface area contributed by atoms with Crippen LogP contribution in [0.1, 0.15) is 24.0 Å². The molecule has 3 aromatic heterocycles. The van der Waals surface area contributed by atoms with Crippen molar-refractivity contribution in [2.24, 2.45) is 0 Å². The predicted molar refractivity (Wildman–Crippen MR) is 89.0 cm³/mol. The Kier molecular flexibility index (Phi) is 4.80. The van der Waals surface area contributed by atoms with Gasteiger partial charge < -0.3 is 10.1 Å². The van der Waals surface area contributed by atoms with Gasteiger partial charge >= 0.3 is 0 Å². The molecule has 3 rings (SSSR count). The summed E-state index contributed by atoms with van der Waals surface area (Å²) in [5, 5.41) is 8.57. The summed E-state index contributed by atoms with van der Waals surface area (Å²) in [6.45, 7) is 4.11. The fraction of sp³-hybridized carbons (Fsp3) is 0.333. The predicted octanol–water partition coefficient (Wildman–Crippen LogP) is 4.29. The molecule has 110 valence electrons. The molecule has 0 amide bonds. The van der Waals surface area contributed by atoms with E-state index in [0.717, 1.165) is 34.8 Å². The molecule has 0 radical (unpaired) electrons. The van der Waals surface area contributed by atoms with Crippen LogP contribution < -0.4 is 5.32 Å². The van der Waals surface area contributed by atoms with Gasteiger partial charge in [0.1, 0.15) is 17.3 Å². The summed E-state index contributed by atoms with van der Waals surface area (Å²) >= 11 is 3.34. The number of thiophene rings is 2. The van der Waals surface area contributed by atoms with Crippen LogP contribution in [0.3, 0.4) is 0 Å². The third kappa shape index (κ3) is 3.58. The number of fused-ring (bicyclic) bond motifs is 1. The highest BCUT2D eigenvalue weighted by Crippen LogP contribution is 2.25. The van der Waals surface area contributed by atoms with Gasteiger partial charge in [-0.05, 0) is 29.3 Å². The molecule has 0 atom stereocenters. The number of nitrogens with zero attached hydrogens (tertiary/aromatic N) is 2. The van der Waals surface area contributed by atoms with E-state index < -0.39 is 0 Å². The van der Waals surface area contributed by atoms with Gasteiger partial charge in [-0.25, -0.2) is 9.97 Å². The fourth-order valence-electron chi connectivity index (χ4n) is 1.98. The lowest BCUT2D eigenvalue weighted by atomic mass is 10.3. The quantitative estimate of drug-likeness (QED) is 0.705. The van der Waals surface area contributed by atoms with E-state index in [0.29, 0.717) is 13.2 Å². The second-order valence-corrected chi connectivity index (χ2v) is 6.55. The van der Waals surface area contributed by atoms with Crippen molar-refractivity contribution in [1.29, 1.82) is 0 Å². The van der Waals surface area contributed by atoms with Gasteiger partial charge in [0.05, 0.1) is 12.0 Å². The molecule has 0 saturated heterocycles. The number of nitrogens with one attached hydrogen (secondary N) is 1. The molecule has 3 aromatic rings. The normalized spacial score (nSPS) is 11.1. The lowest BCUT2D eigenvalue weighted by Gasteiger charge is -2.08. The van der Waals surface area contributed by atoms with E-state index in [-0.39, 0.29) is 0 Å². The number of hydrogen-bond donors (Lipinski definition) is 1. The zero-order valence-corrected chi connectivity index (χ0v) is 13.5. The molecule has 0 aliphatic rings. The largest absolute Gasteiger partial charge is 0.369 e. The number of anilines is 1. The van der Waals surface area contributed by atoms with Crippen LogP contribution in [0, 0.1) is 0 Å². The van der Waals surface area contributed by atoms with Crippen LogP contribution >= 0.6 is 22.7 Å². The zero-order chi connectivity index (χ0) is 14.5. The number of rotatable bonds is 7. The van der Waals surface area contributed by atoms with Gasteiger partial charge in [-0.2, -0.15) is 0 Å². The first-order valence-electron chi connectivity index (χ1n) is 6.95.